The number of hydrogen-bond donors (Lipinski definition) is 3. The van der Waals surface area contributed by atoms with E-state index in [4.69, 9.17) is 14.9 Å². The zero-order valence-corrected chi connectivity index (χ0v) is 27.2. The second-order valence-electron chi connectivity index (χ2n) is 11.9. The van der Waals surface area contributed by atoms with Gasteiger partial charge in [0.05, 0.1) is 11.6 Å². The van der Waals surface area contributed by atoms with E-state index in [1.54, 1.807) is 30.5 Å². The molecule has 242 valence electrons. The Morgan fingerprint density at radius 1 is 0.917 bits per heavy atom. The van der Waals surface area contributed by atoms with E-state index in [0.717, 1.165) is 33.1 Å². The first-order valence-corrected chi connectivity index (χ1v) is 15.3. The Bertz CT molecular complexity index is 2200. The van der Waals surface area contributed by atoms with Crippen molar-refractivity contribution in [3.05, 3.63) is 125 Å². The highest BCUT2D eigenvalue weighted by atomic mass is 16.5. The molecule has 48 heavy (non-hydrogen) atoms. The zero-order chi connectivity index (χ0) is 33.9. The Labute approximate surface area is 277 Å². The van der Waals surface area contributed by atoms with Gasteiger partial charge in [0.1, 0.15) is 32.0 Å². The highest BCUT2D eigenvalue weighted by Crippen LogP contribution is 2.42. The molecule has 3 aromatic carbocycles. The molecule has 1 aliphatic heterocycles. The van der Waals surface area contributed by atoms with Gasteiger partial charge in [-0.2, -0.15) is 0 Å². The Morgan fingerprint density at radius 2 is 1.69 bits per heavy atom. The fourth-order valence-electron chi connectivity index (χ4n) is 5.49. The maximum Gasteiger partial charge on any atom is 0.336 e. The number of carbonyl (C=O) groups is 2. The fraction of sp³-hybridized carbons (Fsp3) is 0.158. The van der Waals surface area contributed by atoms with Crippen LogP contribution in [0, 0.1) is 0 Å². The van der Waals surface area contributed by atoms with Gasteiger partial charge in [0.15, 0.2) is 0 Å². The van der Waals surface area contributed by atoms with Crippen molar-refractivity contribution in [2.45, 2.75) is 13.2 Å². The number of aromatic carboxylic acids is 1. The summed E-state index contributed by atoms with van der Waals surface area (Å²) in [6, 6.07) is 27.4. The number of nitrogens with zero attached hydrogens (tertiary/aromatic N) is 3. The molecule has 10 heteroatoms. The number of anilines is 2. The molecule has 6 rings (SSSR count). The minimum absolute atomic E-state index is 0.0833. The van der Waals surface area contributed by atoms with Crippen LogP contribution in [0.1, 0.15) is 31.8 Å². The van der Waals surface area contributed by atoms with Crippen LogP contribution >= 0.6 is 0 Å². The molecule has 10 nitrogen and oxygen atoms in total. The third-order valence-corrected chi connectivity index (χ3v) is 8.12. The number of nitrogen functional groups attached to an aromatic ring is 1. The number of hydrogen-bond acceptors (Lipinski definition) is 7. The zero-order valence-electron chi connectivity index (χ0n) is 27.2. The first-order valence-electron chi connectivity index (χ1n) is 15.3. The van der Waals surface area contributed by atoms with Crippen molar-refractivity contribution < 1.29 is 23.8 Å². The van der Waals surface area contributed by atoms with Crippen LogP contribution in [0.2, 0.25) is 0 Å². The van der Waals surface area contributed by atoms with Crippen molar-refractivity contribution in [3.8, 4) is 28.3 Å². The molecule has 0 spiro atoms. The topological polar surface area (TPSA) is 134 Å². The standard InChI is InChI=1S/C38H35N5O5/c1-42(2)27-10-13-30-33(19-27)48-34-20-28(43(3)4)11-14-31(34)36(30)32-17-25(9-12-29(32)38(45)46)37(44)41-21-23-5-7-24(8-6-23)22-47-35-18-26(39)15-16-40-35/h5-20H,21-22H2,1-4H3,(H3-,39,40,41,44,45,46)/p+1. The average Bonchev–Trinajstić information content (AvgIpc) is 3.08. The highest BCUT2D eigenvalue weighted by molar-refractivity contribution is 6.09. The summed E-state index contributed by atoms with van der Waals surface area (Å²) in [5.74, 6) is -0.372. The van der Waals surface area contributed by atoms with Crippen LogP contribution in [0.4, 0.5) is 11.4 Å². The molecule has 2 aliphatic rings. The van der Waals surface area contributed by atoms with E-state index in [9.17, 15) is 14.7 Å². The number of nitrogens with two attached hydrogens (primary N) is 1. The van der Waals surface area contributed by atoms with E-state index >= 15 is 0 Å². The van der Waals surface area contributed by atoms with E-state index in [1.807, 2.05) is 98.3 Å². The van der Waals surface area contributed by atoms with E-state index in [-0.39, 0.29) is 18.0 Å². The highest BCUT2D eigenvalue weighted by Gasteiger charge is 2.24. The summed E-state index contributed by atoms with van der Waals surface area (Å²) in [4.78, 5) is 32.2. The lowest BCUT2D eigenvalue weighted by molar-refractivity contribution is 0.0697. The lowest BCUT2D eigenvalue weighted by Crippen LogP contribution is -2.23. The molecular formula is C38H36N5O5+. The minimum atomic E-state index is -1.09. The summed E-state index contributed by atoms with van der Waals surface area (Å²) in [7, 11) is 7.78. The molecule has 0 fully saturated rings. The molecule has 1 aromatic heterocycles. The largest absolute Gasteiger partial charge is 0.478 e. The summed E-state index contributed by atoms with van der Waals surface area (Å²) < 4.78 is 14.1. The number of nitrogens with one attached hydrogen (secondary N) is 1. The average molecular weight is 643 g/mol. The number of aromatic nitrogens is 1. The van der Waals surface area contributed by atoms with E-state index < -0.39 is 5.97 Å². The molecule has 0 bridgehead atoms. The van der Waals surface area contributed by atoms with Gasteiger partial charge < -0.3 is 30.2 Å². The molecule has 4 N–H and O–H groups in total. The van der Waals surface area contributed by atoms with Gasteiger partial charge in [0.25, 0.3) is 5.91 Å². The lowest BCUT2D eigenvalue weighted by atomic mass is 9.89. The number of amides is 1. The van der Waals surface area contributed by atoms with E-state index in [2.05, 4.69) is 10.3 Å². The number of rotatable bonds is 9. The number of ether oxygens (including phenoxy) is 1. The smallest absolute Gasteiger partial charge is 0.336 e. The third-order valence-electron chi connectivity index (χ3n) is 8.12. The summed E-state index contributed by atoms with van der Waals surface area (Å²) in [5.41, 5.74) is 12.0. The molecule has 1 aliphatic carbocycles. The summed E-state index contributed by atoms with van der Waals surface area (Å²) >= 11 is 0. The molecule has 0 saturated heterocycles. The van der Waals surface area contributed by atoms with E-state index in [0.29, 0.717) is 46.2 Å². The summed E-state index contributed by atoms with van der Waals surface area (Å²) in [5, 5.41) is 14.9. The molecule has 0 radical (unpaired) electrons. The molecule has 2 heterocycles. The second-order valence-corrected chi connectivity index (χ2v) is 11.9. The van der Waals surface area contributed by atoms with Gasteiger partial charge in [0, 0.05) is 78.5 Å². The van der Waals surface area contributed by atoms with Gasteiger partial charge in [-0.3, -0.25) is 4.79 Å². The van der Waals surface area contributed by atoms with Crippen LogP contribution < -0.4 is 30.6 Å². The van der Waals surface area contributed by atoms with Crippen LogP contribution in [0.3, 0.4) is 0 Å². The van der Waals surface area contributed by atoms with Crippen LogP contribution in [-0.4, -0.2) is 50.2 Å². The number of fused-ring (bicyclic) bond motifs is 2. The number of carboxylic acids is 1. The maximum atomic E-state index is 13.5. The quantitative estimate of drug-likeness (QED) is 0.139. The van der Waals surface area contributed by atoms with Gasteiger partial charge >= 0.3 is 5.97 Å². The van der Waals surface area contributed by atoms with Gasteiger partial charge in [-0.25, -0.2) is 14.4 Å². The Kier molecular flexibility index (Phi) is 8.81. The van der Waals surface area contributed by atoms with Crippen molar-refractivity contribution in [2.75, 3.05) is 38.8 Å². The summed E-state index contributed by atoms with van der Waals surface area (Å²) in [6.07, 6.45) is 1.59. The molecule has 0 saturated carbocycles. The fourth-order valence-corrected chi connectivity index (χ4v) is 5.49. The Hall–Kier alpha value is -6.16. The van der Waals surface area contributed by atoms with Crippen molar-refractivity contribution in [3.63, 3.8) is 0 Å². The maximum absolute atomic E-state index is 13.5. The van der Waals surface area contributed by atoms with Crippen LogP contribution in [0.25, 0.3) is 33.4 Å². The van der Waals surface area contributed by atoms with Gasteiger partial charge in [-0.15, -0.1) is 0 Å². The van der Waals surface area contributed by atoms with Crippen molar-refractivity contribution in [1.29, 1.82) is 0 Å². The predicted molar refractivity (Wildman–Crippen MR) is 187 cm³/mol. The Balaban J connectivity index is 1.32. The van der Waals surface area contributed by atoms with Crippen LogP contribution in [-0.2, 0) is 13.2 Å². The summed E-state index contributed by atoms with van der Waals surface area (Å²) in [6.45, 7) is 0.605. The molecular weight excluding hydrogens is 606 g/mol. The lowest BCUT2D eigenvalue weighted by Gasteiger charge is -2.19. The Morgan fingerprint density at radius 3 is 2.40 bits per heavy atom. The van der Waals surface area contributed by atoms with Gasteiger partial charge in [0.2, 0.25) is 11.2 Å². The van der Waals surface area contributed by atoms with Crippen molar-refractivity contribution >= 4 is 34.2 Å². The van der Waals surface area contributed by atoms with Gasteiger partial charge in [-0.05, 0) is 59.2 Å². The first-order chi connectivity index (χ1) is 23.1. The SMILES string of the molecule is CN(C)c1ccc2c(-c3cc(C(=O)NCc4ccc(COc5cc(N)ccn5)cc4)ccc3C(=O)O)c3ccc(=[N+](C)C)cc-3oc2c1. The molecule has 0 atom stereocenters. The molecule has 1 amide bonds. The normalized spacial score (nSPS) is 11.0. The monoisotopic (exact) mass is 642 g/mol. The van der Waals surface area contributed by atoms with E-state index in [1.165, 1.54) is 6.07 Å². The minimum Gasteiger partial charge on any atom is -0.478 e. The first kappa shape index (κ1) is 31.8. The number of pyridine rings is 1. The number of carbonyl (C=O) groups excluding carboxylic acids is 1. The second kappa shape index (κ2) is 13.3. The molecule has 0 unspecified atom stereocenters. The van der Waals surface area contributed by atoms with Crippen LogP contribution in [0.15, 0.2) is 102 Å². The third kappa shape index (κ3) is 6.68. The van der Waals surface area contributed by atoms with Crippen molar-refractivity contribution in [2.24, 2.45) is 0 Å². The predicted octanol–water partition coefficient (Wildman–Crippen LogP) is 5.49. The number of benzene rings is 4. The van der Waals surface area contributed by atoms with Crippen LogP contribution in [0.5, 0.6) is 5.88 Å². The molecule has 4 aromatic rings. The number of carboxylic acid groups (broad SMARTS) is 1. The van der Waals surface area contributed by atoms with Crippen molar-refractivity contribution in [1.82, 2.24) is 14.9 Å². The van der Waals surface area contributed by atoms with Gasteiger partial charge in [-0.1, -0.05) is 24.3 Å².